The molecule has 45 valence electrons. The predicted molar refractivity (Wildman–Crippen MR) is 36.6 cm³/mol. The van der Waals surface area contributed by atoms with Crippen LogP contribution in [-0.4, -0.2) is 0 Å². The number of hydrogen-bond acceptors (Lipinski definition) is 1. The maximum Gasteiger partial charge on any atom is 0.126 e. The Kier molecular flexibility index (Phi) is 1.91. The molecule has 9 heavy (non-hydrogen) atoms. The van der Waals surface area contributed by atoms with Gasteiger partial charge < -0.3 is 4.42 Å². The Morgan fingerprint density at radius 2 is 2.56 bits per heavy atom. The lowest BCUT2D eigenvalue weighted by atomic mass is 10.4. The van der Waals surface area contributed by atoms with Crippen molar-refractivity contribution in [1.82, 2.24) is 0 Å². The van der Waals surface area contributed by atoms with E-state index >= 15 is 0 Å². The van der Waals surface area contributed by atoms with Crippen molar-refractivity contribution in [2.45, 2.75) is 0 Å². The van der Waals surface area contributed by atoms with Gasteiger partial charge in [-0.1, -0.05) is 12.7 Å². The second-order valence-electron chi connectivity index (χ2n) is 1.55. The van der Waals surface area contributed by atoms with Crippen molar-refractivity contribution in [2.24, 2.45) is 0 Å². The van der Waals surface area contributed by atoms with Crippen molar-refractivity contribution in [2.75, 3.05) is 0 Å². The summed E-state index contributed by atoms with van der Waals surface area (Å²) in [5.41, 5.74) is 0. The van der Waals surface area contributed by atoms with Crippen molar-refractivity contribution in [3.63, 3.8) is 0 Å². The summed E-state index contributed by atoms with van der Waals surface area (Å²) in [5, 5.41) is 0. The van der Waals surface area contributed by atoms with E-state index in [1.165, 1.54) is 0 Å². The van der Waals surface area contributed by atoms with Gasteiger partial charge in [0.1, 0.15) is 5.76 Å². The van der Waals surface area contributed by atoms with Crippen molar-refractivity contribution in [3.05, 3.63) is 42.9 Å². The van der Waals surface area contributed by atoms with E-state index in [2.05, 4.69) is 12.7 Å². The van der Waals surface area contributed by atoms with Gasteiger partial charge in [-0.15, -0.1) is 0 Å². The van der Waals surface area contributed by atoms with Gasteiger partial charge in [0.05, 0.1) is 6.26 Å². The highest BCUT2D eigenvalue weighted by atomic mass is 16.3. The van der Waals surface area contributed by atoms with Crippen LogP contribution in [0.4, 0.5) is 0 Å². The first-order valence-electron chi connectivity index (χ1n) is 2.66. The van der Waals surface area contributed by atoms with E-state index in [4.69, 9.17) is 4.42 Å². The van der Waals surface area contributed by atoms with E-state index in [-0.39, 0.29) is 0 Å². The lowest BCUT2D eigenvalue weighted by molar-refractivity contribution is 0.557. The first-order valence-corrected chi connectivity index (χ1v) is 2.66. The molecule has 0 aliphatic rings. The minimum Gasteiger partial charge on any atom is -0.465 e. The fourth-order valence-corrected chi connectivity index (χ4v) is 0.527. The monoisotopic (exact) mass is 119 g/mol. The van der Waals surface area contributed by atoms with Crippen LogP contribution in [0.1, 0.15) is 5.76 Å². The molecule has 0 aliphatic carbocycles. The van der Waals surface area contributed by atoms with Crippen LogP contribution in [-0.2, 0) is 0 Å². The van der Waals surface area contributed by atoms with Gasteiger partial charge in [-0.25, -0.2) is 0 Å². The van der Waals surface area contributed by atoms with E-state index in [0.717, 1.165) is 5.76 Å². The molecule has 1 aromatic rings. The lowest BCUT2D eigenvalue weighted by Crippen LogP contribution is -1.55. The van der Waals surface area contributed by atoms with Crippen LogP contribution in [0.25, 0.3) is 6.08 Å². The average Bonchev–Trinajstić information content (AvgIpc) is 2.34. The third-order valence-electron chi connectivity index (χ3n) is 0.909. The molecule has 0 aromatic carbocycles. The predicted octanol–water partition coefficient (Wildman–Crippen LogP) is 2.28. The fraction of sp³-hybridized carbons (Fsp3) is 0. The molecule has 0 fully saturated rings. The summed E-state index contributed by atoms with van der Waals surface area (Å²) in [6.07, 6.45) is 7.75. The van der Waals surface area contributed by atoms with Crippen molar-refractivity contribution < 1.29 is 4.42 Å². The SMILES string of the molecule is C=[C]C=Cc1ccco1. The van der Waals surface area contributed by atoms with Gasteiger partial charge in [0.2, 0.25) is 0 Å². The summed E-state index contributed by atoms with van der Waals surface area (Å²) >= 11 is 0. The summed E-state index contributed by atoms with van der Waals surface area (Å²) in [6, 6.07) is 3.70. The minimum atomic E-state index is 0.825. The zero-order valence-electron chi connectivity index (χ0n) is 5.00. The van der Waals surface area contributed by atoms with Crippen molar-refractivity contribution in [1.29, 1.82) is 0 Å². The van der Waals surface area contributed by atoms with Crippen molar-refractivity contribution in [3.8, 4) is 0 Å². The van der Waals surface area contributed by atoms with Crippen LogP contribution in [0.15, 0.2) is 35.5 Å². The lowest BCUT2D eigenvalue weighted by Gasteiger charge is -1.76. The first kappa shape index (κ1) is 5.89. The molecule has 0 spiro atoms. The summed E-state index contributed by atoms with van der Waals surface area (Å²) in [7, 11) is 0. The summed E-state index contributed by atoms with van der Waals surface area (Å²) in [6.45, 7) is 3.41. The molecule has 0 saturated carbocycles. The molecule has 1 heteroatoms. The minimum absolute atomic E-state index is 0.825. The normalized spacial score (nSPS) is 10.2. The molecule has 1 aromatic heterocycles. The Morgan fingerprint density at radius 1 is 1.67 bits per heavy atom. The van der Waals surface area contributed by atoms with Gasteiger partial charge in [0, 0.05) is 0 Å². The van der Waals surface area contributed by atoms with E-state index in [9.17, 15) is 0 Å². The topological polar surface area (TPSA) is 13.1 Å². The third-order valence-corrected chi connectivity index (χ3v) is 0.909. The fourth-order valence-electron chi connectivity index (χ4n) is 0.527. The Morgan fingerprint density at radius 3 is 3.11 bits per heavy atom. The van der Waals surface area contributed by atoms with Crippen LogP contribution in [0, 0.1) is 6.08 Å². The largest absolute Gasteiger partial charge is 0.465 e. The van der Waals surface area contributed by atoms with E-state index < -0.39 is 0 Å². The zero-order valence-corrected chi connectivity index (χ0v) is 5.00. The van der Waals surface area contributed by atoms with Gasteiger partial charge in [0.25, 0.3) is 0 Å². The maximum absolute atomic E-state index is 4.98. The first-order chi connectivity index (χ1) is 4.43. The van der Waals surface area contributed by atoms with Crippen LogP contribution < -0.4 is 0 Å². The van der Waals surface area contributed by atoms with Crippen LogP contribution in [0.5, 0.6) is 0 Å². The second-order valence-corrected chi connectivity index (χ2v) is 1.55. The molecule has 0 amide bonds. The molecule has 0 saturated heterocycles. The zero-order chi connectivity index (χ0) is 6.53. The van der Waals surface area contributed by atoms with Gasteiger partial charge in [-0.2, -0.15) is 0 Å². The number of furan rings is 1. The molecule has 0 atom stereocenters. The Hall–Kier alpha value is -1.24. The molecule has 0 bridgehead atoms. The number of allylic oxidation sites excluding steroid dienone is 2. The van der Waals surface area contributed by atoms with Gasteiger partial charge in [-0.3, -0.25) is 0 Å². The molecule has 0 N–H and O–H groups in total. The highest BCUT2D eigenvalue weighted by molar-refractivity contribution is 5.43. The van der Waals surface area contributed by atoms with E-state index in [1.54, 1.807) is 18.4 Å². The quantitative estimate of drug-likeness (QED) is 0.544. The molecule has 0 unspecified atom stereocenters. The second kappa shape index (κ2) is 2.92. The Labute approximate surface area is 54.3 Å². The average molecular weight is 119 g/mol. The van der Waals surface area contributed by atoms with Crippen LogP contribution in [0.2, 0.25) is 0 Å². The van der Waals surface area contributed by atoms with E-state index in [0.29, 0.717) is 0 Å². The molecule has 1 nitrogen and oxygen atoms in total. The summed E-state index contributed by atoms with van der Waals surface area (Å²) in [4.78, 5) is 0. The number of hydrogen-bond donors (Lipinski definition) is 0. The number of rotatable bonds is 2. The van der Waals surface area contributed by atoms with Crippen molar-refractivity contribution >= 4 is 6.08 Å². The Bertz CT molecular complexity index is 194. The van der Waals surface area contributed by atoms with Crippen LogP contribution >= 0.6 is 0 Å². The van der Waals surface area contributed by atoms with Crippen LogP contribution in [0.3, 0.4) is 0 Å². The highest BCUT2D eigenvalue weighted by Gasteiger charge is 1.82. The molecule has 1 heterocycles. The van der Waals surface area contributed by atoms with Gasteiger partial charge >= 0.3 is 0 Å². The third kappa shape index (κ3) is 1.61. The maximum atomic E-state index is 4.98. The Balaban J connectivity index is 2.67. The van der Waals surface area contributed by atoms with Gasteiger partial charge in [0.15, 0.2) is 0 Å². The standard InChI is InChI=1S/C8H7O/c1-2-3-5-8-6-4-7-9-8/h3-7H,1H2. The summed E-state index contributed by atoms with van der Waals surface area (Å²) in [5.74, 6) is 0.825. The molecule has 0 aliphatic heterocycles. The van der Waals surface area contributed by atoms with Gasteiger partial charge in [-0.05, 0) is 24.3 Å². The highest BCUT2D eigenvalue weighted by Crippen LogP contribution is 2.01. The molecule has 1 radical (unpaired) electrons. The molecular formula is C8H7O. The smallest absolute Gasteiger partial charge is 0.126 e. The molecule has 1 rings (SSSR count). The van der Waals surface area contributed by atoms with E-state index in [1.807, 2.05) is 12.1 Å². The molecular weight excluding hydrogens is 112 g/mol. The summed E-state index contributed by atoms with van der Waals surface area (Å²) < 4.78 is 4.98.